The second-order valence-corrected chi connectivity index (χ2v) is 6.21. The van der Waals surface area contributed by atoms with Gasteiger partial charge in [-0.25, -0.2) is 4.98 Å². The molecule has 4 nitrogen and oxygen atoms in total. The molecule has 0 saturated heterocycles. The maximum atomic E-state index is 11.8. The van der Waals surface area contributed by atoms with Gasteiger partial charge < -0.3 is 5.32 Å². The van der Waals surface area contributed by atoms with Crippen LogP contribution in [0.2, 0.25) is 5.15 Å². The van der Waals surface area contributed by atoms with Crippen molar-refractivity contribution in [3.63, 3.8) is 0 Å². The van der Waals surface area contributed by atoms with Crippen molar-refractivity contribution in [3.8, 4) is 0 Å². The Balaban J connectivity index is 1.69. The van der Waals surface area contributed by atoms with E-state index in [-0.39, 0.29) is 17.7 Å². The highest BCUT2D eigenvalue weighted by atomic mass is 35.5. The van der Waals surface area contributed by atoms with Gasteiger partial charge >= 0.3 is 0 Å². The summed E-state index contributed by atoms with van der Waals surface area (Å²) in [5.74, 6) is 0.610. The lowest BCUT2D eigenvalue weighted by Crippen LogP contribution is -2.13. The normalized spacial score (nSPS) is 15.4. The van der Waals surface area contributed by atoms with Gasteiger partial charge in [-0.15, -0.1) is 0 Å². The topological polar surface area (TPSA) is 54.9 Å². The fourth-order valence-corrected chi connectivity index (χ4v) is 2.59. The lowest BCUT2D eigenvalue weighted by molar-refractivity contribution is -0.117. The van der Waals surface area contributed by atoms with Crippen LogP contribution in [-0.2, 0) is 11.2 Å². The molecular formula is C17H18ClN3O. The summed E-state index contributed by atoms with van der Waals surface area (Å²) in [4.78, 5) is 20.2. The largest absolute Gasteiger partial charge is 0.326 e. The lowest BCUT2D eigenvalue weighted by atomic mass is 9.96. The van der Waals surface area contributed by atoms with Gasteiger partial charge in [0.1, 0.15) is 5.15 Å². The highest BCUT2D eigenvalue weighted by Gasteiger charge is 2.29. The molecule has 1 aromatic carbocycles. The van der Waals surface area contributed by atoms with E-state index >= 15 is 0 Å². The molecule has 0 unspecified atom stereocenters. The summed E-state index contributed by atoms with van der Waals surface area (Å²) in [6.45, 7) is 2.13. The minimum Gasteiger partial charge on any atom is -0.326 e. The maximum Gasteiger partial charge on any atom is 0.227 e. The minimum absolute atomic E-state index is 0.130. The van der Waals surface area contributed by atoms with Crippen LogP contribution in [0.15, 0.2) is 36.7 Å². The second-order valence-electron chi connectivity index (χ2n) is 5.83. The molecule has 1 N–H and O–H groups in total. The van der Waals surface area contributed by atoms with Crippen LogP contribution in [0.1, 0.15) is 36.9 Å². The average molecular weight is 316 g/mol. The molecule has 0 radical (unpaired) electrons. The van der Waals surface area contributed by atoms with Gasteiger partial charge in [-0.3, -0.25) is 9.78 Å². The van der Waals surface area contributed by atoms with E-state index in [1.54, 1.807) is 6.20 Å². The van der Waals surface area contributed by atoms with Crippen molar-refractivity contribution in [1.29, 1.82) is 0 Å². The molecule has 1 atom stereocenters. The molecule has 1 aromatic heterocycles. The van der Waals surface area contributed by atoms with E-state index in [9.17, 15) is 4.79 Å². The van der Waals surface area contributed by atoms with Crippen molar-refractivity contribution in [2.45, 2.75) is 32.1 Å². The number of halogens is 1. The standard InChI is InChI=1S/C17H18ClN3O/c1-11(7-15-9-19-10-16(18)20-15)13-3-2-4-14(8-13)21-17(22)12-5-6-12/h2-4,8-12H,5-7H2,1H3,(H,21,22)/t11-/m1/s1. The highest BCUT2D eigenvalue weighted by molar-refractivity contribution is 6.29. The van der Waals surface area contributed by atoms with Crippen LogP contribution in [0.3, 0.4) is 0 Å². The quantitative estimate of drug-likeness (QED) is 0.912. The third kappa shape index (κ3) is 3.83. The lowest BCUT2D eigenvalue weighted by Gasteiger charge is -2.13. The fraction of sp³-hybridized carbons (Fsp3) is 0.353. The molecule has 3 rings (SSSR count). The Labute approximate surface area is 134 Å². The summed E-state index contributed by atoms with van der Waals surface area (Å²) in [6, 6.07) is 7.99. The van der Waals surface area contributed by atoms with Crippen molar-refractivity contribution in [2.24, 2.45) is 5.92 Å². The fourth-order valence-electron chi connectivity index (χ4n) is 2.42. The number of nitrogens with zero attached hydrogens (tertiary/aromatic N) is 2. The number of benzene rings is 1. The molecule has 2 aromatic rings. The SMILES string of the molecule is C[C@H](Cc1cncc(Cl)n1)c1cccc(NC(=O)C2CC2)c1. The van der Waals surface area contributed by atoms with Crippen LogP contribution in [0, 0.1) is 5.92 Å². The molecule has 1 fully saturated rings. The summed E-state index contributed by atoms with van der Waals surface area (Å²) in [6.07, 6.45) is 6.04. The number of aromatic nitrogens is 2. The van der Waals surface area contributed by atoms with Crippen LogP contribution < -0.4 is 5.32 Å². The first-order valence-electron chi connectivity index (χ1n) is 7.49. The Morgan fingerprint density at radius 1 is 1.41 bits per heavy atom. The average Bonchev–Trinajstić information content (AvgIpc) is 3.32. The van der Waals surface area contributed by atoms with E-state index in [0.717, 1.165) is 36.2 Å². The molecule has 114 valence electrons. The Kier molecular flexibility index (Phi) is 4.39. The summed E-state index contributed by atoms with van der Waals surface area (Å²) >= 11 is 5.87. The Bertz CT molecular complexity index is 685. The minimum atomic E-state index is 0.130. The Hall–Kier alpha value is -1.94. The zero-order chi connectivity index (χ0) is 15.5. The van der Waals surface area contributed by atoms with Gasteiger partial charge in [0.05, 0.1) is 11.9 Å². The predicted molar refractivity (Wildman–Crippen MR) is 87.0 cm³/mol. The van der Waals surface area contributed by atoms with Crippen LogP contribution in [0.25, 0.3) is 0 Å². The molecular weight excluding hydrogens is 298 g/mol. The van der Waals surface area contributed by atoms with Crippen molar-refractivity contribution in [2.75, 3.05) is 5.32 Å². The van der Waals surface area contributed by atoms with Crippen LogP contribution in [0.4, 0.5) is 5.69 Å². The molecule has 0 spiro atoms. The number of carbonyl (C=O) groups excluding carboxylic acids is 1. The van der Waals surface area contributed by atoms with Crippen LogP contribution >= 0.6 is 11.6 Å². The van der Waals surface area contributed by atoms with Crippen LogP contribution in [-0.4, -0.2) is 15.9 Å². The molecule has 1 heterocycles. The van der Waals surface area contributed by atoms with Gasteiger partial charge in [-0.05, 0) is 42.9 Å². The van der Waals surface area contributed by atoms with Gasteiger partial charge in [0, 0.05) is 17.8 Å². The molecule has 1 aliphatic carbocycles. The molecule has 1 saturated carbocycles. The first-order chi connectivity index (χ1) is 10.6. The van der Waals surface area contributed by atoms with Gasteiger partial charge in [-0.1, -0.05) is 30.7 Å². The number of nitrogens with one attached hydrogen (secondary N) is 1. The predicted octanol–water partition coefficient (Wildman–Crippen LogP) is 3.82. The van der Waals surface area contributed by atoms with E-state index in [1.165, 1.54) is 6.20 Å². The maximum absolute atomic E-state index is 11.8. The van der Waals surface area contributed by atoms with Gasteiger partial charge in [0.2, 0.25) is 5.91 Å². The molecule has 0 bridgehead atoms. The smallest absolute Gasteiger partial charge is 0.227 e. The van der Waals surface area contributed by atoms with E-state index in [0.29, 0.717) is 5.15 Å². The van der Waals surface area contributed by atoms with Gasteiger partial charge in [0.15, 0.2) is 0 Å². The first kappa shape index (κ1) is 15.0. The molecule has 1 amide bonds. The zero-order valence-electron chi connectivity index (χ0n) is 12.4. The van der Waals surface area contributed by atoms with Gasteiger partial charge in [0.25, 0.3) is 0 Å². The van der Waals surface area contributed by atoms with E-state index in [2.05, 4.69) is 28.3 Å². The molecule has 0 aliphatic heterocycles. The summed E-state index contributed by atoms with van der Waals surface area (Å²) in [5.41, 5.74) is 2.89. The number of rotatable bonds is 5. The van der Waals surface area contributed by atoms with Crippen molar-refractivity contribution >= 4 is 23.2 Å². The van der Waals surface area contributed by atoms with Crippen LogP contribution in [0.5, 0.6) is 0 Å². The Morgan fingerprint density at radius 2 is 2.23 bits per heavy atom. The summed E-state index contributed by atoms with van der Waals surface area (Å²) in [7, 11) is 0. The third-order valence-corrected chi connectivity index (χ3v) is 4.02. The van der Waals surface area contributed by atoms with Crippen molar-refractivity contribution in [1.82, 2.24) is 9.97 Å². The van der Waals surface area contributed by atoms with E-state index in [4.69, 9.17) is 11.6 Å². The molecule has 5 heteroatoms. The second kappa shape index (κ2) is 6.44. The zero-order valence-corrected chi connectivity index (χ0v) is 13.2. The number of carbonyl (C=O) groups is 1. The number of hydrogen-bond acceptors (Lipinski definition) is 3. The molecule has 1 aliphatic rings. The Morgan fingerprint density at radius 3 is 2.95 bits per heavy atom. The van der Waals surface area contributed by atoms with Crippen molar-refractivity contribution in [3.05, 3.63) is 53.1 Å². The highest BCUT2D eigenvalue weighted by Crippen LogP contribution is 2.30. The molecule has 22 heavy (non-hydrogen) atoms. The number of hydrogen-bond donors (Lipinski definition) is 1. The van der Waals surface area contributed by atoms with Crippen molar-refractivity contribution < 1.29 is 4.79 Å². The third-order valence-electron chi connectivity index (χ3n) is 3.84. The van der Waals surface area contributed by atoms with Gasteiger partial charge in [-0.2, -0.15) is 0 Å². The summed E-state index contributed by atoms with van der Waals surface area (Å²) < 4.78 is 0. The number of amides is 1. The van der Waals surface area contributed by atoms with E-state index < -0.39 is 0 Å². The summed E-state index contributed by atoms with van der Waals surface area (Å²) in [5, 5.41) is 3.40. The van der Waals surface area contributed by atoms with E-state index in [1.807, 2.05) is 18.2 Å². The first-order valence-corrected chi connectivity index (χ1v) is 7.87. The monoisotopic (exact) mass is 315 g/mol. The number of anilines is 1.